The minimum absolute atomic E-state index is 0.117. The van der Waals surface area contributed by atoms with Crippen molar-refractivity contribution in [1.29, 1.82) is 0 Å². The highest BCUT2D eigenvalue weighted by atomic mass is 32.2. The van der Waals surface area contributed by atoms with Crippen molar-refractivity contribution in [2.75, 3.05) is 26.7 Å². The molecule has 2 aromatic heterocycles. The second-order valence-electron chi connectivity index (χ2n) is 7.93. The lowest BCUT2D eigenvalue weighted by Gasteiger charge is -2.44. The zero-order valence-corrected chi connectivity index (χ0v) is 17.4. The summed E-state index contributed by atoms with van der Waals surface area (Å²) in [4.78, 5) is 7.66. The lowest BCUT2D eigenvalue weighted by Crippen LogP contribution is -2.55. The lowest BCUT2D eigenvalue weighted by molar-refractivity contribution is 0.180. The van der Waals surface area contributed by atoms with Crippen molar-refractivity contribution in [3.8, 4) is 5.75 Å². The van der Waals surface area contributed by atoms with Crippen LogP contribution in [0.15, 0.2) is 35.7 Å². The van der Waals surface area contributed by atoms with Crippen molar-refractivity contribution >= 4 is 20.9 Å². The molecular weight excluding hydrogens is 390 g/mol. The maximum atomic E-state index is 12.9. The van der Waals surface area contributed by atoms with Gasteiger partial charge in [-0.3, -0.25) is 0 Å². The SMILES string of the molecule is COc1ccc2[nH]c3c(c2c1)CCNC31CCN(S(=O)(=O)c2cn(C)cn2)CC1. The van der Waals surface area contributed by atoms with Crippen molar-refractivity contribution in [3.05, 3.63) is 42.0 Å². The summed E-state index contributed by atoms with van der Waals surface area (Å²) < 4.78 is 34.5. The summed E-state index contributed by atoms with van der Waals surface area (Å²) in [6.07, 6.45) is 5.46. The first kappa shape index (κ1) is 18.7. The van der Waals surface area contributed by atoms with Gasteiger partial charge in [0, 0.05) is 49.5 Å². The van der Waals surface area contributed by atoms with Crippen LogP contribution in [0.2, 0.25) is 0 Å². The van der Waals surface area contributed by atoms with Gasteiger partial charge in [0.25, 0.3) is 10.0 Å². The first-order chi connectivity index (χ1) is 13.9. The molecular formula is C20H25N5O3S. The average molecular weight is 416 g/mol. The number of aromatic nitrogens is 3. The molecule has 1 spiro atoms. The number of hydrogen-bond donors (Lipinski definition) is 2. The van der Waals surface area contributed by atoms with Gasteiger partial charge in [0.15, 0.2) is 5.03 Å². The van der Waals surface area contributed by atoms with Gasteiger partial charge in [0.2, 0.25) is 0 Å². The normalized spacial score (nSPS) is 19.5. The van der Waals surface area contributed by atoms with Crippen molar-refractivity contribution in [2.24, 2.45) is 7.05 Å². The summed E-state index contributed by atoms with van der Waals surface area (Å²) in [5, 5.41) is 5.01. The molecule has 2 aliphatic heterocycles. The number of nitrogens with zero attached hydrogens (tertiary/aromatic N) is 3. The summed E-state index contributed by atoms with van der Waals surface area (Å²) in [6.45, 7) is 1.80. The van der Waals surface area contributed by atoms with Crippen LogP contribution in [-0.4, -0.2) is 54.0 Å². The van der Waals surface area contributed by atoms with E-state index in [1.165, 1.54) is 23.0 Å². The number of methoxy groups -OCH3 is 1. The van der Waals surface area contributed by atoms with Gasteiger partial charge >= 0.3 is 0 Å². The van der Waals surface area contributed by atoms with E-state index in [1.54, 1.807) is 29.2 Å². The molecule has 0 amide bonds. The third-order valence-electron chi connectivity index (χ3n) is 6.29. The summed E-state index contributed by atoms with van der Waals surface area (Å²) in [6, 6.07) is 6.11. The summed E-state index contributed by atoms with van der Waals surface area (Å²) in [5.41, 5.74) is 3.39. The van der Waals surface area contributed by atoms with Crippen LogP contribution in [0.5, 0.6) is 5.75 Å². The molecule has 0 radical (unpaired) electrons. The van der Waals surface area contributed by atoms with Crippen LogP contribution in [0.1, 0.15) is 24.1 Å². The largest absolute Gasteiger partial charge is 0.497 e. The molecule has 4 heterocycles. The van der Waals surface area contributed by atoms with Crippen molar-refractivity contribution < 1.29 is 13.2 Å². The van der Waals surface area contributed by atoms with E-state index in [0.29, 0.717) is 13.1 Å². The molecule has 0 bridgehead atoms. The Bertz CT molecular complexity index is 1170. The van der Waals surface area contributed by atoms with Gasteiger partial charge in [-0.2, -0.15) is 4.31 Å². The Hall–Kier alpha value is -2.36. The van der Waals surface area contributed by atoms with Crippen LogP contribution < -0.4 is 10.1 Å². The van der Waals surface area contributed by atoms with E-state index in [1.807, 2.05) is 6.07 Å². The van der Waals surface area contributed by atoms with Gasteiger partial charge < -0.3 is 19.6 Å². The van der Waals surface area contributed by atoms with Gasteiger partial charge in [0.05, 0.1) is 19.0 Å². The van der Waals surface area contributed by atoms with Crippen molar-refractivity contribution in [1.82, 2.24) is 24.2 Å². The van der Waals surface area contributed by atoms with E-state index in [2.05, 4.69) is 27.4 Å². The molecule has 1 aromatic carbocycles. The van der Waals surface area contributed by atoms with E-state index >= 15 is 0 Å². The Balaban J connectivity index is 1.46. The van der Waals surface area contributed by atoms with Crippen molar-refractivity contribution in [3.63, 3.8) is 0 Å². The number of ether oxygens (including phenoxy) is 1. The third kappa shape index (κ3) is 2.87. The number of benzene rings is 1. The molecule has 0 aliphatic carbocycles. The Morgan fingerprint density at radius 3 is 2.72 bits per heavy atom. The highest BCUT2D eigenvalue weighted by Gasteiger charge is 2.44. The fraction of sp³-hybridized carbons (Fsp3) is 0.450. The Labute approximate surface area is 169 Å². The van der Waals surface area contributed by atoms with Crippen LogP contribution in [-0.2, 0) is 29.0 Å². The molecule has 0 unspecified atom stereocenters. The van der Waals surface area contributed by atoms with Crippen molar-refractivity contribution in [2.45, 2.75) is 29.8 Å². The maximum absolute atomic E-state index is 12.9. The summed E-state index contributed by atoms with van der Waals surface area (Å²) in [5.74, 6) is 0.850. The van der Waals surface area contributed by atoms with Gasteiger partial charge in [-0.15, -0.1) is 0 Å². The van der Waals surface area contributed by atoms with Crippen LogP contribution in [0.3, 0.4) is 0 Å². The second kappa shape index (κ2) is 6.58. The second-order valence-corrected chi connectivity index (χ2v) is 9.82. The van der Waals surface area contributed by atoms with Crippen LogP contribution >= 0.6 is 0 Å². The third-order valence-corrected chi connectivity index (χ3v) is 8.08. The number of piperidine rings is 1. The molecule has 0 atom stereocenters. The highest BCUT2D eigenvalue weighted by Crippen LogP contribution is 2.41. The molecule has 29 heavy (non-hydrogen) atoms. The smallest absolute Gasteiger partial charge is 0.262 e. The number of sulfonamides is 1. The quantitative estimate of drug-likeness (QED) is 0.680. The monoisotopic (exact) mass is 415 g/mol. The summed E-state index contributed by atoms with van der Waals surface area (Å²) >= 11 is 0. The Kier molecular flexibility index (Phi) is 4.23. The minimum atomic E-state index is -3.56. The number of fused-ring (bicyclic) bond motifs is 4. The first-order valence-electron chi connectivity index (χ1n) is 9.85. The number of aryl methyl sites for hydroxylation is 1. The van der Waals surface area contributed by atoms with Gasteiger partial charge in [-0.1, -0.05) is 0 Å². The van der Waals surface area contributed by atoms with Crippen LogP contribution in [0.25, 0.3) is 10.9 Å². The van der Waals surface area contributed by atoms with Crippen LogP contribution in [0.4, 0.5) is 0 Å². The molecule has 0 saturated carbocycles. The van der Waals surface area contributed by atoms with Crippen LogP contribution in [0, 0.1) is 0 Å². The molecule has 5 rings (SSSR count). The predicted octanol–water partition coefficient (Wildman–Crippen LogP) is 1.74. The first-order valence-corrected chi connectivity index (χ1v) is 11.3. The number of H-pyrrole nitrogens is 1. The van der Waals surface area contributed by atoms with Gasteiger partial charge in [-0.25, -0.2) is 13.4 Å². The van der Waals surface area contributed by atoms with E-state index in [9.17, 15) is 8.42 Å². The maximum Gasteiger partial charge on any atom is 0.262 e. The molecule has 2 N–H and O–H groups in total. The molecule has 1 fully saturated rings. The Morgan fingerprint density at radius 1 is 1.24 bits per heavy atom. The van der Waals surface area contributed by atoms with E-state index < -0.39 is 10.0 Å². The molecule has 1 saturated heterocycles. The topological polar surface area (TPSA) is 92.3 Å². The minimum Gasteiger partial charge on any atom is -0.497 e. The number of imidazole rings is 1. The fourth-order valence-corrected chi connectivity index (χ4v) is 6.13. The molecule has 154 valence electrons. The van der Waals surface area contributed by atoms with E-state index in [-0.39, 0.29) is 10.6 Å². The lowest BCUT2D eigenvalue weighted by atomic mass is 9.80. The zero-order chi connectivity index (χ0) is 20.2. The molecule has 8 nitrogen and oxygen atoms in total. The zero-order valence-electron chi connectivity index (χ0n) is 16.6. The highest BCUT2D eigenvalue weighted by molar-refractivity contribution is 7.89. The molecule has 9 heteroatoms. The number of hydrogen-bond acceptors (Lipinski definition) is 5. The van der Waals surface area contributed by atoms with Gasteiger partial charge in [-0.05, 0) is 43.0 Å². The molecule has 2 aliphatic rings. The standard InChI is InChI=1S/C20H25N5O3S/c1-24-12-18(21-13-24)29(26,27)25-9-6-20(7-10-25)19-15(5-8-22-20)16-11-14(28-2)3-4-17(16)23-19/h3-4,11-13,22-23H,5-10H2,1-2H3. The van der Waals surface area contributed by atoms with E-state index in [0.717, 1.165) is 37.1 Å². The number of nitrogens with one attached hydrogen (secondary N) is 2. The predicted molar refractivity (Wildman–Crippen MR) is 109 cm³/mol. The Morgan fingerprint density at radius 2 is 2.03 bits per heavy atom. The fourth-order valence-electron chi connectivity index (χ4n) is 4.73. The van der Waals surface area contributed by atoms with E-state index in [4.69, 9.17) is 4.74 Å². The average Bonchev–Trinajstić information content (AvgIpc) is 3.33. The number of rotatable bonds is 3. The van der Waals surface area contributed by atoms with Gasteiger partial charge in [0.1, 0.15) is 5.75 Å². The molecule has 3 aromatic rings. The number of aromatic amines is 1. The summed E-state index contributed by atoms with van der Waals surface area (Å²) in [7, 11) is -0.106.